The Bertz CT molecular complexity index is 729. The molecule has 0 bridgehead atoms. The quantitative estimate of drug-likeness (QED) is 0.739. The van der Waals surface area contributed by atoms with Crippen LogP contribution in [0, 0.1) is 5.41 Å². The lowest BCUT2D eigenvalue weighted by atomic mass is 9.64. The van der Waals surface area contributed by atoms with E-state index in [1.807, 2.05) is 65.0 Å². The van der Waals surface area contributed by atoms with Crippen LogP contribution >= 0.6 is 0 Å². The van der Waals surface area contributed by atoms with Crippen LogP contribution in [-0.2, 0) is 11.3 Å². The van der Waals surface area contributed by atoms with Gasteiger partial charge in [0.2, 0.25) is 0 Å². The molecule has 1 heterocycles. The monoisotopic (exact) mass is 420 g/mol. The lowest BCUT2D eigenvalue weighted by molar-refractivity contribution is -0.113. The summed E-state index contributed by atoms with van der Waals surface area (Å²) in [6, 6.07) is 8.98. The lowest BCUT2D eigenvalue weighted by Gasteiger charge is -2.57. The van der Waals surface area contributed by atoms with E-state index >= 15 is 0 Å². The van der Waals surface area contributed by atoms with Gasteiger partial charge in [-0.25, -0.2) is 9.59 Å². The SMILES string of the molecule is CC(C)N(C(=O)OCc1ccccc1)[C@@H]1CC[C@](C(C)O)(C(C)(C)C)N(C(=O)O)C1. The van der Waals surface area contributed by atoms with E-state index in [0.29, 0.717) is 12.8 Å². The maximum Gasteiger partial charge on any atom is 0.410 e. The van der Waals surface area contributed by atoms with Gasteiger partial charge in [0.15, 0.2) is 0 Å². The molecule has 1 aromatic carbocycles. The zero-order chi connectivity index (χ0) is 22.7. The predicted molar refractivity (Wildman–Crippen MR) is 115 cm³/mol. The second-order valence-electron chi connectivity index (χ2n) is 9.48. The highest BCUT2D eigenvalue weighted by molar-refractivity contribution is 5.70. The highest BCUT2D eigenvalue weighted by atomic mass is 16.6. The van der Waals surface area contributed by atoms with Gasteiger partial charge >= 0.3 is 12.2 Å². The van der Waals surface area contributed by atoms with Crippen molar-refractivity contribution in [2.75, 3.05) is 6.54 Å². The zero-order valence-electron chi connectivity index (χ0n) is 19.0. The van der Waals surface area contributed by atoms with Crippen molar-refractivity contribution in [1.29, 1.82) is 0 Å². The molecule has 0 aliphatic carbocycles. The topological polar surface area (TPSA) is 90.3 Å². The molecule has 7 nitrogen and oxygen atoms in total. The normalized spacial score (nSPS) is 23.2. The fourth-order valence-corrected chi connectivity index (χ4v) is 4.88. The molecule has 2 N–H and O–H groups in total. The number of ether oxygens (including phenoxy) is 1. The Hall–Kier alpha value is -2.28. The summed E-state index contributed by atoms with van der Waals surface area (Å²) < 4.78 is 5.54. The number of amides is 2. The number of rotatable bonds is 5. The van der Waals surface area contributed by atoms with Gasteiger partial charge in [0, 0.05) is 12.6 Å². The number of nitrogens with zero attached hydrogens (tertiary/aromatic N) is 2. The van der Waals surface area contributed by atoms with Gasteiger partial charge in [-0.3, -0.25) is 4.90 Å². The third-order valence-corrected chi connectivity index (χ3v) is 6.32. The third-order valence-electron chi connectivity index (χ3n) is 6.32. The molecule has 1 fully saturated rings. The van der Waals surface area contributed by atoms with Gasteiger partial charge in [-0.1, -0.05) is 51.1 Å². The summed E-state index contributed by atoms with van der Waals surface area (Å²) in [5, 5.41) is 20.6. The maximum atomic E-state index is 12.9. The molecule has 1 aliphatic rings. The van der Waals surface area contributed by atoms with Gasteiger partial charge in [0.1, 0.15) is 6.61 Å². The molecular formula is C23H36N2O5. The summed E-state index contributed by atoms with van der Waals surface area (Å²) in [6.07, 6.45) is -1.33. The molecule has 0 saturated carbocycles. The van der Waals surface area contributed by atoms with Crippen LogP contribution in [0.4, 0.5) is 9.59 Å². The summed E-state index contributed by atoms with van der Waals surface area (Å²) >= 11 is 0. The largest absolute Gasteiger partial charge is 0.465 e. The molecule has 168 valence electrons. The predicted octanol–water partition coefficient (Wildman–Crippen LogP) is 4.34. The van der Waals surface area contributed by atoms with E-state index in [0.717, 1.165) is 5.56 Å². The average Bonchev–Trinajstić information content (AvgIpc) is 2.65. The number of benzene rings is 1. The molecule has 0 aromatic heterocycles. The number of carbonyl (C=O) groups excluding carboxylic acids is 1. The summed E-state index contributed by atoms with van der Waals surface area (Å²) in [7, 11) is 0. The Morgan fingerprint density at radius 2 is 1.83 bits per heavy atom. The second-order valence-corrected chi connectivity index (χ2v) is 9.48. The van der Waals surface area contributed by atoms with E-state index in [-0.39, 0.29) is 25.2 Å². The molecule has 7 heteroatoms. The first-order chi connectivity index (χ1) is 13.9. The fourth-order valence-electron chi connectivity index (χ4n) is 4.88. The second kappa shape index (κ2) is 9.25. The number of aliphatic hydroxyl groups excluding tert-OH is 1. The number of piperidine rings is 1. The Balaban J connectivity index is 2.24. The lowest BCUT2D eigenvalue weighted by Crippen LogP contribution is -2.70. The smallest absolute Gasteiger partial charge is 0.410 e. The fraction of sp³-hybridized carbons (Fsp3) is 0.652. The molecule has 2 amide bonds. The molecule has 0 radical (unpaired) electrons. The van der Waals surface area contributed by atoms with Crippen LogP contribution in [0.15, 0.2) is 30.3 Å². The minimum atomic E-state index is -1.09. The van der Waals surface area contributed by atoms with Crippen LogP contribution in [-0.4, -0.2) is 62.5 Å². The minimum Gasteiger partial charge on any atom is -0.465 e. The molecule has 1 aliphatic heterocycles. The summed E-state index contributed by atoms with van der Waals surface area (Å²) in [5.41, 5.74) is -0.501. The van der Waals surface area contributed by atoms with Gasteiger partial charge in [-0.2, -0.15) is 0 Å². The van der Waals surface area contributed by atoms with E-state index < -0.39 is 29.2 Å². The van der Waals surface area contributed by atoms with Crippen molar-refractivity contribution in [3.63, 3.8) is 0 Å². The van der Waals surface area contributed by atoms with Gasteiger partial charge in [0.05, 0.1) is 17.7 Å². The van der Waals surface area contributed by atoms with E-state index in [1.54, 1.807) is 11.8 Å². The summed E-state index contributed by atoms with van der Waals surface area (Å²) in [4.78, 5) is 28.1. The number of hydrogen-bond donors (Lipinski definition) is 2. The first-order valence-corrected chi connectivity index (χ1v) is 10.6. The van der Waals surface area contributed by atoms with Crippen LogP contribution in [0.1, 0.15) is 59.9 Å². The Morgan fingerprint density at radius 3 is 2.30 bits per heavy atom. The van der Waals surface area contributed by atoms with Crippen LogP contribution in [0.2, 0.25) is 0 Å². The number of likely N-dealkylation sites (tertiary alicyclic amines) is 1. The summed E-state index contributed by atoms with van der Waals surface area (Å²) in [6.45, 7) is 11.6. The third kappa shape index (κ3) is 4.72. The van der Waals surface area contributed by atoms with Gasteiger partial charge in [-0.15, -0.1) is 0 Å². The highest BCUT2D eigenvalue weighted by Gasteiger charge is 2.55. The van der Waals surface area contributed by atoms with Crippen LogP contribution in [0.25, 0.3) is 0 Å². The Labute approximate surface area is 179 Å². The van der Waals surface area contributed by atoms with Crippen molar-refractivity contribution >= 4 is 12.2 Å². The Morgan fingerprint density at radius 1 is 1.23 bits per heavy atom. The van der Waals surface area contributed by atoms with Gasteiger partial charge in [-0.05, 0) is 44.6 Å². The molecule has 1 saturated heterocycles. The Kier molecular flexibility index (Phi) is 7.40. The van der Waals surface area contributed by atoms with Crippen LogP contribution in [0.3, 0.4) is 0 Å². The van der Waals surface area contributed by atoms with E-state index in [9.17, 15) is 19.8 Å². The van der Waals surface area contributed by atoms with Gasteiger partial charge in [0.25, 0.3) is 0 Å². The van der Waals surface area contributed by atoms with Crippen molar-refractivity contribution in [2.24, 2.45) is 5.41 Å². The highest BCUT2D eigenvalue weighted by Crippen LogP contribution is 2.46. The van der Waals surface area contributed by atoms with Crippen LogP contribution < -0.4 is 0 Å². The molecule has 30 heavy (non-hydrogen) atoms. The molecule has 0 spiro atoms. The van der Waals surface area contributed by atoms with Crippen molar-refractivity contribution < 1.29 is 24.5 Å². The number of aliphatic hydroxyl groups is 1. The standard InChI is InChI=1S/C23H36N2O5/c1-16(2)25(21(29)30-15-18-10-8-7-9-11-18)19-12-13-23(17(3)26,22(4,5)6)24(14-19)20(27)28/h7-11,16-17,19,26H,12-15H2,1-6H3,(H,27,28)/t17?,19-,23+/m1/s1. The van der Waals surface area contributed by atoms with E-state index in [4.69, 9.17) is 4.74 Å². The maximum absolute atomic E-state index is 12.9. The van der Waals surface area contributed by atoms with Crippen molar-refractivity contribution in [3.8, 4) is 0 Å². The molecule has 1 unspecified atom stereocenters. The first-order valence-electron chi connectivity index (χ1n) is 10.6. The number of hydrogen-bond acceptors (Lipinski definition) is 4. The zero-order valence-corrected chi connectivity index (χ0v) is 19.0. The average molecular weight is 421 g/mol. The van der Waals surface area contributed by atoms with Crippen molar-refractivity contribution in [2.45, 2.75) is 84.7 Å². The van der Waals surface area contributed by atoms with Gasteiger partial charge < -0.3 is 19.8 Å². The van der Waals surface area contributed by atoms with E-state index in [2.05, 4.69) is 0 Å². The summed E-state index contributed by atoms with van der Waals surface area (Å²) in [5.74, 6) is 0. The molecular weight excluding hydrogens is 384 g/mol. The molecule has 2 rings (SSSR count). The molecule has 3 atom stereocenters. The minimum absolute atomic E-state index is 0.135. The van der Waals surface area contributed by atoms with Crippen molar-refractivity contribution in [3.05, 3.63) is 35.9 Å². The number of carbonyl (C=O) groups is 2. The van der Waals surface area contributed by atoms with Crippen LogP contribution in [0.5, 0.6) is 0 Å². The first kappa shape index (κ1) is 24.0. The number of carboxylic acid groups (broad SMARTS) is 1. The van der Waals surface area contributed by atoms with Crippen molar-refractivity contribution in [1.82, 2.24) is 9.80 Å². The molecule has 1 aromatic rings. The van der Waals surface area contributed by atoms with E-state index in [1.165, 1.54) is 4.90 Å².